The van der Waals surface area contributed by atoms with Crippen molar-refractivity contribution in [2.75, 3.05) is 5.32 Å². The average Bonchev–Trinajstić information content (AvgIpc) is 3.74. The first-order chi connectivity index (χ1) is 24.2. The monoisotopic (exact) mass is 643 g/mol. The number of fused-ring (bicyclic) bond motifs is 7. The van der Waals surface area contributed by atoms with Gasteiger partial charge in [0.15, 0.2) is 0 Å². The quantitative estimate of drug-likeness (QED) is 0.202. The van der Waals surface area contributed by atoms with Gasteiger partial charge in [-0.25, -0.2) is 0 Å². The summed E-state index contributed by atoms with van der Waals surface area (Å²) in [6, 6.07) is 60.9. The summed E-state index contributed by atoms with van der Waals surface area (Å²) in [5.41, 5.74) is 10.9. The molecule has 230 valence electrons. The molecule has 0 spiro atoms. The highest BCUT2D eigenvalue weighted by atomic mass is 32.1. The average molecular weight is 644 g/mol. The van der Waals surface area contributed by atoms with Crippen LogP contribution in [0.1, 0.15) is 0 Å². The lowest BCUT2D eigenvalue weighted by molar-refractivity contribution is 0.669. The second kappa shape index (κ2) is 11.2. The third-order valence-electron chi connectivity index (χ3n) is 9.65. The summed E-state index contributed by atoms with van der Waals surface area (Å²) in [5.74, 6) is 0. The first-order valence-corrected chi connectivity index (χ1v) is 17.4. The maximum atomic E-state index is 6.45. The van der Waals surface area contributed by atoms with Gasteiger partial charge in [0.05, 0.1) is 11.1 Å². The molecule has 10 rings (SSSR count). The van der Waals surface area contributed by atoms with Crippen LogP contribution < -0.4 is 5.32 Å². The molecule has 8 aromatic carbocycles. The van der Waals surface area contributed by atoms with E-state index in [-0.39, 0.29) is 0 Å². The Labute approximate surface area is 287 Å². The highest BCUT2D eigenvalue weighted by Gasteiger charge is 2.16. The van der Waals surface area contributed by atoms with Crippen LogP contribution in [0.25, 0.3) is 86.3 Å². The Bertz CT molecular complexity index is 2860. The topological polar surface area (TPSA) is 25.2 Å². The molecule has 0 saturated carbocycles. The van der Waals surface area contributed by atoms with E-state index in [2.05, 4.69) is 175 Å². The Morgan fingerprint density at radius 1 is 0.408 bits per heavy atom. The van der Waals surface area contributed by atoms with E-state index in [9.17, 15) is 0 Å². The van der Waals surface area contributed by atoms with E-state index in [0.717, 1.165) is 44.4 Å². The molecular formula is C46H29NOS. The van der Waals surface area contributed by atoms with Crippen LogP contribution in [0.2, 0.25) is 0 Å². The van der Waals surface area contributed by atoms with E-state index >= 15 is 0 Å². The van der Waals surface area contributed by atoms with Crippen LogP contribution in [0.5, 0.6) is 0 Å². The molecule has 49 heavy (non-hydrogen) atoms. The van der Waals surface area contributed by atoms with Crippen molar-refractivity contribution >= 4 is 75.6 Å². The minimum atomic E-state index is 0.867. The van der Waals surface area contributed by atoms with Gasteiger partial charge in [0.1, 0.15) is 11.2 Å². The van der Waals surface area contributed by atoms with Crippen LogP contribution in [0.15, 0.2) is 174 Å². The SMILES string of the molecule is c1cc(-c2ccc3ccccc3c2)cc(-c2cccc3oc4cccc(Nc5ccc(-c6ccc7c(c6)sc6ccccc67)cc5)c4c23)c1. The summed E-state index contributed by atoms with van der Waals surface area (Å²) < 4.78 is 9.10. The molecule has 0 bridgehead atoms. The van der Waals surface area contributed by atoms with Gasteiger partial charge in [0.2, 0.25) is 0 Å². The molecule has 0 aliphatic heterocycles. The third-order valence-corrected chi connectivity index (χ3v) is 10.8. The Morgan fingerprint density at radius 2 is 1.08 bits per heavy atom. The van der Waals surface area contributed by atoms with Crippen LogP contribution >= 0.6 is 11.3 Å². The molecule has 2 nitrogen and oxygen atoms in total. The fourth-order valence-electron chi connectivity index (χ4n) is 7.25. The van der Waals surface area contributed by atoms with Crippen LogP contribution in [-0.2, 0) is 0 Å². The Hall–Kier alpha value is -6.16. The van der Waals surface area contributed by atoms with E-state index in [1.54, 1.807) is 0 Å². The van der Waals surface area contributed by atoms with Crippen LogP contribution in [-0.4, -0.2) is 0 Å². The van der Waals surface area contributed by atoms with Gasteiger partial charge in [-0.15, -0.1) is 11.3 Å². The number of anilines is 2. The van der Waals surface area contributed by atoms with E-state index < -0.39 is 0 Å². The van der Waals surface area contributed by atoms with Gasteiger partial charge in [-0.2, -0.15) is 0 Å². The molecule has 0 atom stereocenters. The first-order valence-electron chi connectivity index (χ1n) is 16.6. The number of rotatable bonds is 5. The molecule has 2 heterocycles. The second-order valence-electron chi connectivity index (χ2n) is 12.6. The minimum Gasteiger partial charge on any atom is -0.456 e. The molecule has 0 amide bonds. The molecular weight excluding hydrogens is 615 g/mol. The predicted molar refractivity (Wildman–Crippen MR) is 210 cm³/mol. The number of benzene rings is 8. The maximum Gasteiger partial charge on any atom is 0.137 e. The normalized spacial score (nSPS) is 11.7. The van der Waals surface area contributed by atoms with E-state index in [4.69, 9.17) is 4.42 Å². The molecule has 10 aromatic rings. The third kappa shape index (κ3) is 4.78. The van der Waals surface area contributed by atoms with Crippen LogP contribution in [0.3, 0.4) is 0 Å². The largest absolute Gasteiger partial charge is 0.456 e. The molecule has 2 aromatic heterocycles. The lowest BCUT2D eigenvalue weighted by Gasteiger charge is -2.11. The van der Waals surface area contributed by atoms with Crippen molar-refractivity contribution in [2.24, 2.45) is 0 Å². The molecule has 0 aliphatic carbocycles. The summed E-state index contributed by atoms with van der Waals surface area (Å²) in [7, 11) is 0. The second-order valence-corrected chi connectivity index (χ2v) is 13.7. The van der Waals surface area contributed by atoms with Gasteiger partial charge in [0.25, 0.3) is 0 Å². The fraction of sp³-hybridized carbons (Fsp3) is 0. The van der Waals surface area contributed by atoms with Gasteiger partial charge < -0.3 is 9.73 Å². The zero-order valence-corrected chi connectivity index (χ0v) is 27.3. The summed E-state index contributed by atoms with van der Waals surface area (Å²) >= 11 is 1.86. The standard InChI is InChI=1S/C46H29NOS/c1-2-9-31-26-33(19-18-29(31)8-1)32-10-5-11-35(27-32)37-13-6-15-41-45(37)46-40(14-7-16-42(46)48-41)47-36-23-20-30(21-24-36)34-22-25-39-38-12-3-4-17-43(38)49-44(39)28-34/h1-28,47H. The first kappa shape index (κ1) is 27.9. The highest BCUT2D eigenvalue weighted by molar-refractivity contribution is 7.25. The minimum absolute atomic E-state index is 0.867. The van der Waals surface area contributed by atoms with Gasteiger partial charge >= 0.3 is 0 Å². The number of nitrogens with one attached hydrogen (secondary N) is 1. The van der Waals surface area contributed by atoms with E-state index in [1.807, 2.05) is 11.3 Å². The van der Waals surface area contributed by atoms with Crippen molar-refractivity contribution in [3.63, 3.8) is 0 Å². The summed E-state index contributed by atoms with van der Waals surface area (Å²) in [4.78, 5) is 0. The zero-order valence-electron chi connectivity index (χ0n) is 26.5. The number of hydrogen-bond acceptors (Lipinski definition) is 3. The molecule has 0 radical (unpaired) electrons. The van der Waals surface area contributed by atoms with Crippen molar-refractivity contribution in [3.8, 4) is 33.4 Å². The van der Waals surface area contributed by atoms with E-state index in [0.29, 0.717) is 0 Å². The van der Waals surface area contributed by atoms with Crippen LogP contribution in [0, 0.1) is 0 Å². The lowest BCUT2D eigenvalue weighted by Crippen LogP contribution is -1.91. The maximum absolute atomic E-state index is 6.45. The van der Waals surface area contributed by atoms with Crippen LogP contribution in [0.4, 0.5) is 11.4 Å². The molecule has 0 unspecified atom stereocenters. The molecule has 3 heteroatoms. The van der Waals surface area contributed by atoms with Gasteiger partial charge in [-0.1, -0.05) is 115 Å². The summed E-state index contributed by atoms with van der Waals surface area (Å²) in [6.45, 7) is 0. The zero-order chi connectivity index (χ0) is 32.3. The van der Waals surface area contributed by atoms with Crippen molar-refractivity contribution in [1.29, 1.82) is 0 Å². The molecule has 0 saturated heterocycles. The Balaban J connectivity index is 1.01. The van der Waals surface area contributed by atoms with Crippen molar-refractivity contribution in [3.05, 3.63) is 170 Å². The Morgan fingerprint density at radius 3 is 2.00 bits per heavy atom. The Kier molecular flexibility index (Phi) is 6.39. The van der Waals surface area contributed by atoms with Gasteiger partial charge in [-0.05, 0) is 98.8 Å². The summed E-state index contributed by atoms with van der Waals surface area (Å²) in [5, 5.41) is 11.1. The lowest BCUT2D eigenvalue weighted by atomic mass is 9.94. The fourth-order valence-corrected chi connectivity index (χ4v) is 8.40. The number of thiophene rings is 1. The van der Waals surface area contributed by atoms with Gasteiger partial charge in [0, 0.05) is 31.2 Å². The van der Waals surface area contributed by atoms with Crippen molar-refractivity contribution in [2.45, 2.75) is 0 Å². The number of furan rings is 1. The number of hydrogen-bond donors (Lipinski definition) is 1. The predicted octanol–water partition coefficient (Wildman–Crippen LogP) is 13.9. The molecule has 0 aliphatic rings. The van der Waals surface area contributed by atoms with Crippen molar-refractivity contribution < 1.29 is 4.42 Å². The van der Waals surface area contributed by atoms with Crippen molar-refractivity contribution in [1.82, 2.24) is 0 Å². The smallest absolute Gasteiger partial charge is 0.137 e. The summed E-state index contributed by atoms with van der Waals surface area (Å²) in [6.07, 6.45) is 0. The highest BCUT2D eigenvalue weighted by Crippen LogP contribution is 2.42. The molecule has 0 fully saturated rings. The van der Waals surface area contributed by atoms with E-state index in [1.165, 1.54) is 53.2 Å². The van der Waals surface area contributed by atoms with Gasteiger partial charge in [-0.3, -0.25) is 0 Å². The molecule has 1 N–H and O–H groups in total.